The molecule has 1 aliphatic carbocycles. The quantitative estimate of drug-likeness (QED) is 0.907. The number of nitrogens with zero attached hydrogens (tertiary/aromatic N) is 2. The van der Waals surface area contributed by atoms with Crippen molar-refractivity contribution in [3.05, 3.63) is 52.5 Å². The Labute approximate surface area is 120 Å². The molecule has 1 atom stereocenters. The van der Waals surface area contributed by atoms with Crippen LogP contribution in [0.4, 0.5) is 5.82 Å². The highest BCUT2D eigenvalue weighted by Gasteiger charge is 2.24. The van der Waals surface area contributed by atoms with Crippen LogP contribution in [0.25, 0.3) is 0 Å². The number of benzene rings is 1. The maximum atomic E-state index is 6.07. The number of nitrogen functional groups attached to an aromatic ring is 1. The first kappa shape index (κ1) is 13.1. The van der Waals surface area contributed by atoms with Gasteiger partial charge >= 0.3 is 0 Å². The van der Waals surface area contributed by atoms with Crippen molar-refractivity contribution in [2.24, 2.45) is 0 Å². The van der Waals surface area contributed by atoms with Crippen LogP contribution < -0.4 is 5.73 Å². The number of aryl methyl sites for hydroxylation is 2. The highest BCUT2D eigenvalue weighted by atomic mass is 15.0. The summed E-state index contributed by atoms with van der Waals surface area (Å²) in [6.07, 6.45) is 4.37. The lowest BCUT2D eigenvalue weighted by Crippen LogP contribution is -2.16. The minimum absolute atomic E-state index is 0.299. The molecule has 3 nitrogen and oxygen atoms in total. The Balaban J connectivity index is 2.09. The molecule has 1 heterocycles. The van der Waals surface area contributed by atoms with Crippen LogP contribution in [0.15, 0.2) is 24.3 Å². The van der Waals surface area contributed by atoms with Gasteiger partial charge in [-0.15, -0.1) is 0 Å². The van der Waals surface area contributed by atoms with Gasteiger partial charge in [0.05, 0.1) is 0 Å². The predicted molar refractivity (Wildman–Crippen MR) is 81.8 cm³/mol. The molecule has 0 saturated carbocycles. The van der Waals surface area contributed by atoms with E-state index >= 15 is 0 Å². The number of hydrogen-bond acceptors (Lipinski definition) is 3. The van der Waals surface area contributed by atoms with Crippen molar-refractivity contribution in [3.63, 3.8) is 0 Å². The average Bonchev–Trinajstić information content (AvgIpc) is 2.49. The number of rotatable bonds is 2. The van der Waals surface area contributed by atoms with Crippen molar-refractivity contribution in [3.8, 4) is 0 Å². The summed E-state index contributed by atoms with van der Waals surface area (Å²) >= 11 is 0. The fourth-order valence-electron chi connectivity index (χ4n) is 3.12. The van der Waals surface area contributed by atoms with E-state index in [1.165, 1.54) is 17.5 Å². The lowest BCUT2D eigenvalue weighted by molar-refractivity contribution is 0.588. The van der Waals surface area contributed by atoms with E-state index in [1.54, 1.807) is 0 Å². The van der Waals surface area contributed by atoms with E-state index < -0.39 is 0 Å². The fourth-order valence-corrected chi connectivity index (χ4v) is 3.12. The highest BCUT2D eigenvalue weighted by molar-refractivity contribution is 5.44. The van der Waals surface area contributed by atoms with E-state index in [4.69, 9.17) is 10.7 Å². The molecule has 0 amide bonds. The van der Waals surface area contributed by atoms with Gasteiger partial charge in [0.1, 0.15) is 11.6 Å². The molecule has 2 aromatic rings. The number of fused-ring (bicyclic) bond motifs is 1. The molecule has 0 aliphatic heterocycles. The van der Waals surface area contributed by atoms with Crippen LogP contribution in [-0.4, -0.2) is 9.97 Å². The van der Waals surface area contributed by atoms with Gasteiger partial charge in [0, 0.05) is 17.2 Å². The molecule has 1 aliphatic rings. The van der Waals surface area contributed by atoms with Crippen molar-refractivity contribution >= 4 is 5.82 Å². The van der Waals surface area contributed by atoms with E-state index in [-0.39, 0.29) is 0 Å². The second-order valence-electron chi connectivity index (χ2n) is 5.54. The lowest BCUT2D eigenvalue weighted by Gasteiger charge is -2.25. The largest absolute Gasteiger partial charge is 0.383 e. The summed E-state index contributed by atoms with van der Waals surface area (Å²) in [6, 6.07) is 8.66. The van der Waals surface area contributed by atoms with Gasteiger partial charge in [0.25, 0.3) is 0 Å². The maximum Gasteiger partial charge on any atom is 0.138 e. The van der Waals surface area contributed by atoms with Crippen molar-refractivity contribution in [1.82, 2.24) is 9.97 Å². The average molecular weight is 267 g/mol. The molecule has 104 valence electrons. The van der Waals surface area contributed by atoms with Crippen LogP contribution in [0, 0.1) is 6.92 Å². The normalized spacial score (nSPS) is 17.8. The summed E-state index contributed by atoms with van der Waals surface area (Å²) in [4.78, 5) is 9.35. The van der Waals surface area contributed by atoms with Crippen LogP contribution in [0.2, 0.25) is 0 Å². The molecule has 0 spiro atoms. The second kappa shape index (κ2) is 5.23. The number of hydrogen-bond donors (Lipinski definition) is 1. The molecule has 0 fully saturated rings. The summed E-state index contributed by atoms with van der Waals surface area (Å²) in [6.45, 7) is 4.13. The van der Waals surface area contributed by atoms with Gasteiger partial charge in [-0.1, -0.05) is 31.2 Å². The Kier molecular flexibility index (Phi) is 3.43. The van der Waals surface area contributed by atoms with Crippen molar-refractivity contribution in [2.45, 2.75) is 45.4 Å². The summed E-state index contributed by atoms with van der Waals surface area (Å²) in [5.74, 6) is 1.83. The Morgan fingerprint density at radius 2 is 2.05 bits per heavy atom. The minimum Gasteiger partial charge on any atom is -0.383 e. The molecule has 0 bridgehead atoms. The van der Waals surface area contributed by atoms with Gasteiger partial charge in [0.15, 0.2) is 0 Å². The highest BCUT2D eigenvalue weighted by Crippen LogP contribution is 2.35. The molecular weight excluding hydrogens is 246 g/mol. The molecule has 1 aromatic heterocycles. The standard InChI is InChI=1S/C17H21N3/c1-3-15-11(2)16(18)20-17(19-15)14-10-6-8-12-7-4-5-9-13(12)14/h4-5,7,9,14H,3,6,8,10H2,1-2H3,(H2,18,19,20). The van der Waals surface area contributed by atoms with Gasteiger partial charge in [-0.3, -0.25) is 0 Å². The van der Waals surface area contributed by atoms with Crippen LogP contribution in [0.5, 0.6) is 0 Å². The first-order chi connectivity index (χ1) is 9.70. The predicted octanol–water partition coefficient (Wildman–Crippen LogP) is 3.40. The first-order valence-corrected chi connectivity index (χ1v) is 7.41. The van der Waals surface area contributed by atoms with Gasteiger partial charge in [-0.25, -0.2) is 9.97 Å². The Morgan fingerprint density at radius 3 is 2.85 bits per heavy atom. The molecule has 0 saturated heterocycles. The fraction of sp³-hybridized carbons (Fsp3) is 0.412. The Morgan fingerprint density at radius 1 is 1.25 bits per heavy atom. The zero-order valence-electron chi connectivity index (χ0n) is 12.2. The third-order valence-corrected chi connectivity index (χ3v) is 4.32. The van der Waals surface area contributed by atoms with Crippen LogP contribution >= 0.6 is 0 Å². The first-order valence-electron chi connectivity index (χ1n) is 7.41. The van der Waals surface area contributed by atoms with Gasteiger partial charge in [-0.2, -0.15) is 0 Å². The van der Waals surface area contributed by atoms with E-state index in [0.717, 1.165) is 36.3 Å². The molecule has 1 aromatic carbocycles. The monoisotopic (exact) mass is 267 g/mol. The summed E-state index contributed by atoms with van der Waals surface area (Å²) in [5, 5.41) is 0. The lowest BCUT2D eigenvalue weighted by atomic mass is 9.82. The van der Waals surface area contributed by atoms with Crippen LogP contribution in [0.3, 0.4) is 0 Å². The Bertz CT molecular complexity index is 634. The summed E-state index contributed by atoms with van der Waals surface area (Å²) in [7, 11) is 0. The molecule has 20 heavy (non-hydrogen) atoms. The number of anilines is 1. The zero-order valence-corrected chi connectivity index (χ0v) is 12.2. The molecule has 2 N–H and O–H groups in total. The SMILES string of the molecule is CCc1nc(C2CCCc3ccccc32)nc(N)c1C. The maximum absolute atomic E-state index is 6.07. The third-order valence-electron chi connectivity index (χ3n) is 4.32. The minimum atomic E-state index is 0.299. The second-order valence-corrected chi connectivity index (χ2v) is 5.54. The van der Waals surface area contributed by atoms with Crippen molar-refractivity contribution in [1.29, 1.82) is 0 Å². The molecule has 3 rings (SSSR count). The zero-order chi connectivity index (χ0) is 14.1. The summed E-state index contributed by atoms with van der Waals surface area (Å²) < 4.78 is 0. The number of nitrogens with two attached hydrogens (primary N) is 1. The van der Waals surface area contributed by atoms with Crippen molar-refractivity contribution in [2.75, 3.05) is 5.73 Å². The third kappa shape index (κ3) is 2.17. The molecule has 0 radical (unpaired) electrons. The summed E-state index contributed by atoms with van der Waals surface area (Å²) in [5.41, 5.74) is 11.0. The van der Waals surface area contributed by atoms with E-state index in [1.807, 2.05) is 6.92 Å². The smallest absolute Gasteiger partial charge is 0.138 e. The van der Waals surface area contributed by atoms with Gasteiger partial charge < -0.3 is 5.73 Å². The number of aromatic nitrogens is 2. The van der Waals surface area contributed by atoms with E-state index in [9.17, 15) is 0 Å². The van der Waals surface area contributed by atoms with E-state index in [0.29, 0.717) is 11.7 Å². The van der Waals surface area contributed by atoms with E-state index in [2.05, 4.69) is 36.2 Å². The van der Waals surface area contributed by atoms with Gasteiger partial charge in [0.2, 0.25) is 0 Å². The topological polar surface area (TPSA) is 51.8 Å². The van der Waals surface area contributed by atoms with Crippen LogP contribution in [-0.2, 0) is 12.8 Å². The van der Waals surface area contributed by atoms with Crippen LogP contribution in [0.1, 0.15) is 53.9 Å². The molecule has 1 unspecified atom stereocenters. The Hall–Kier alpha value is -1.90. The van der Waals surface area contributed by atoms with Gasteiger partial charge in [-0.05, 0) is 43.7 Å². The molecule has 3 heteroatoms. The molecular formula is C17H21N3. The van der Waals surface area contributed by atoms with Crippen molar-refractivity contribution < 1.29 is 0 Å².